The van der Waals surface area contributed by atoms with Crippen LogP contribution in [0.5, 0.6) is 0 Å². The number of β-lactam (4-membered cyclic amide) rings is 1. The molecule has 8 nitrogen and oxygen atoms in total. The van der Waals surface area contributed by atoms with Gasteiger partial charge in [0.2, 0.25) is 11.8 Å². The summed E-state index contributed by atoms with van der Waals surface area (Å²) in [5.74, 6) is -2.18. The third kappa shape index (κ3) is 3.74. The monoisotopic (exact) mass is 427 g/mol. The molecule has 0 spiro atoms. The second-order valence-electron chi connectivity index (χ2n) is 8.78. The minimum absolute atomic E-state index is 0.0409. The van der Waals surface area contributed by atoms with Gasteiger partial charge < -0.3 is 25.3 Å². The number of likely N-dealkylation sites (N-methyl/N-ethyl adjacent to an activating group) is 1. The lowest BCUT2D eigenvalue weighted by Crippen LogP contribution is -2.64. The first kappa shape index (κ1) is 21.5. The van der Waals surface area contributed by atoms with Gasteiger partial charge in [0.15, 0.2) is 0 Å². The van der Waals surface area contributed by atoms with Gasteiger partial charge in [-0.2, -0.15) is 0 Å². The van der Waals surface area contributed by atoms with E-state index in [0.717, 1.165) is 18.4 Å². The summed E-state index contributed by atoms with van der Waals surface area (Å²) in [6.07, 6.45) is 1.55. The van der Waals surface area contributed by atoms with Crippen LogP contribution in [0.3, 0.4) is 0 Å². The van der Waals surface area contributed by atoms with Crippen molar-refractivity contribution in [2.24, 2.45) is 11.8 Å². The van der Waals surface area contributed by atoms with Crippen molar-refractivity contribution in [3.8, 4) is 0 Å². The number of amides is 2. The number of hydrogen-bond acceptors (Lipinski definition) is 5. The molecule has 4 rings (SSSR count). The zero-order chi connectivity index (χ0) is 22.3. The largest absolute Gasteiger partial charge is 0.477 e. The number of aliphatic carboxylic acids is 1. The van der Waals surface area contributed by atoms with Crippen LogP contribution in [-0.4, -0.2) is 69.6 Å². The van der Waals surface area contributed by atoms with Gasteiger partial charge in [0.05, 0.1) is 24.6 Å². The number of rotatable bonds is 7. The molecule has 0 radical (unpaired) electrons. The van der Waals surface area contributed by atoms with E-state index in [4.69, 9.17) is 0 Å². The molecule has 3 aliphatic rings. The van der Waals surface area contributed by atoms with Crippen molar-refractivity contribution in [1.82, 2.24) is 15.1 Å². The minimum atomic E-state index is -1.12. The van der Waals surface area contributed by atoms with Crippen molar-refractivity contribution < 1.29 is 24.6 Å². The normalized spacial score (nSPS) is 28.0. The predicted octanol–water partition coefficient (Wildman–Crippen LogP) is 0.963. The summed E-state index contributed by atoms with van der Waals surface area (Å²) in [4.78, 5) is 40.3. The number of fused-ring (bicyclic) bond motifs is 3. The summed E-state index contributed by atoms with van der Waals surface area (Å²) in [6.45, 7) is 2.17. The van der Waals surface area contributed by atoms with Crippen LogP contribution in [0.25, 0.3) is 0 Å². The molecule has 0 aromatic heterocycles. The van der Waals surface area contributed by atoms with Crippen molar-refractivity contribution in [3.63, 3.8) is 0 Å². The molecule has 1 saturated heterocycles. The molecule has 1 unspecified atom stereocenters. The number of nitrogens with zero attached hydrogens (tertiary/aromatic N) is 2. The van der Waals surface area contributed by atoms with E-state index in [-0.39, 0.29) is 42.1 Å². The maximum absolute atomic E-state index is 12.7. The first-order valence-electron chi connectivity index (χ1n) is 10.8. The molecule has 5 atom stereocenters. The fourth-order valence-electron chi connectivity index (χ4n) is 5.39. The Morgan fingerprint density at radius 2 is 1.97 bits per heavy atom. The van der Waals surface area contributed by atoms with Crippen molar-refractivity contribution >= 4 is 17.8 Å². The molecular formula is C23H29N3O5. The summed E-state index contributed by atoms with van der Waals surface area (Å²) >= 11 is 0. The van der Waals surface area contributed by atoms with E-state index in [1.165, 1.54) is 4.90 Å². The summed E-state index contributed by atoms with van der Waals surface area (Å²) in [5.41, 5.74) is 1.78. The highest BCUT2D eigenvalue weighted by atomic mass is 16.4. The first-order chi connectivity index (χ1) is 14.8. The summed E-state index contributed by atoms with van der Waals surface area (Å²) in [7, 11) is 1.75. The molecule has 2 amide bonds. The molecule has 0 bridgehead atoms. The Bertz CT molecular complexity index is 913. The molecule has 2 heterocycles. The van der Waals surface area contributed by atoms with Crippen LogP contribution in [0.4, 0.5) is 0 Å². The molecule has 3 N–H and O–H groups in total. The van der Waals surface area contributed by atoms with Gasteiger partial charge in [0, 0.05) is 25.6 Å². The third-order valence-corrected chi connectivity index (χ3v) is 6.81. The minimum Gasteiger partial charge on any atom is -0.477 e. The Labute approximate surface area is 181 Å². The van der Waals surface area contributed by atoms with E-state index < -0.39 is 18.0 Å². The molecule has 1 aromatic carbocycles. The number of benzene rings is 1. The molecule has 31 heavy (non-hydrogen) atoms. The van der Waals surface area contributed by atoms with Crippen LogP contribution in [0.1, 0.15) is 31.7 Å². The van der Waals surface area contributed by atoms with Gasteiger partial charge in [-0.25, -0.2) is 4.79 Å². The number of aliphatic hydroxyl groups excluding tert-OH is 1. The van der Waals surface area contributed by atoms with Gasteiger partial charge in [-0.1, -0.05) is 36.8 Å². The van der Waals surface area contributed by atoms with Crippen LogP contribution in [0.15, 0.2) is 41.6 Å². The lowest BCUT2D eigenvalue weighted by Gasteiger charge is -2.47. The van der Waals surface area contributed by atoms with E-state index in [1.54, 1.807) is 18.9 Å². The number of nitrogens with one attached hydrogen (secondary N) is 1. The van der Waals surface area contributed by atoms with E-state index in [1.807, 2.05) is 30.3 Å². The smallest absolute Gasteiger partial charge is 0.352 e. The van der Waals surface area contributed by atoms with Crippen LogP contribution in [0.2, 0.25) is 0 Å². The van der Waals surface area contributed by atoms with Crippen LogP contribution in [0, 0.1) is 11.8 Å². The fraction of sp³-hybridized carbons (Fsp3) is 0.522. The number of carboxylic acid groups (broad SMARTS) is 1. The molecule has 8 heteroatoms. The van der Waals surface area contributed by atoms with Crippen LogP contribution in [-0.2, 0) is 20.9 Å². The molecule has 1 saturated carbocycles. The van der Waals surface area contributed by atoms with Crippen LogP contribution < -0.4 is 5.32 Å². The molecular weight excluding hydrogens is 398 g/mol. The van der Waals surface area contributed by atoms with E-state index in [0.29, 0.717) is 18.5 Å². The number of hydrogen-bond donors (Lipinski definition) is 3. The second-order valence-corrected chi connectivity index (χ2v) is 8.78. The predicted molar refractivity (Wildman–Crippen MR) is 113 cm³/mol. The number of aliphatic hydroxyl groups is 1. The zero-order valence-electron chi connectivity index (χ0n) is 17.8. The second kappa shape index (κ2) is 8.43. The number of carbonyl (C=O) groups is 3. The summed E-state index contributed by atoms with van der Waals surface area (Å²) in [6, 6.07) is 9.15. The maximum Gasteiger partial charge on any atom is 0.352 e. The Morgan fingerprint density at radius 1 is 1.26 bits per heavy atom. The fourth-order valence-corrected chi connectivity index (χ4v) is 5.39. The maximum atomic E-state index is 12.7. The average molecular weight is 428 g/mol. The lowest BCUT2D eigenvalue weighted by molar-refractivity contribution is -0.163. The molecule has 1 aliphatic carbocycles. The highest BCUT2D eigenvalue weighted by molar-refractivity contribution is 6.00. The van der Waals surface area contributed by atoms with E-state index in [2.05, 4.69) is 5.32 Å². The highest BCUT2D eigenvalue weighted by Gasteiger charge is 2.62. The van der Waals surface area contributed by atoms with Gasteiger partial charge in [-0.05, 0) is 30.9 Å². The van der Waals surface area contributed by atoms with Gasteiger partial charge >= 0.3 is 5.97 Å². The number of carboxylic acids is 1. The quantitative estimate of drug-likeness (QED) is 0.559. The molecule has 1 aromatic rings. The number of carbonyl (C=O) groups excluding carboxylic acids is 2. The van der Waals surface area contributed by atoms with Gasteiger partial charge in [-0.3, -0.25) is 9.59 Å². The lowest BCUT2D eigenvalue weighted by atomic mass is 9.71. The third-order valence-electron chi connectivity index (χ3n) is 6.81. The van der Waals surface area contributed by atoms with Crippen molar-refractivity contribution in [2.75, 3.05) is 13.6 Å². The Balaban J connectivity index is 1.48. The van der Waals surface area contributed by atoms with Crippen molar-refractivity contribution in [2.45, 2.75) is 50.9 Å². The van der Waals surface area contributed by atoms with Gasteiger partial charge in [-0.15, -0.1) is 0 Å². The zero-order valence-corrected chi connectivity index (χ0v) is 17.8. The highest BCUT2D eigenvalue weighted by Crippen LogP contribution is 2.52. The van der Waals surface area contributed by atoms with E-state index in [9.17, 15) is 24.6 Å². The average Bonchev–Trinajstić information content (AvgIpc) is 3.03. The first-order valence-corrected chi connectivity index (χ1v) is 10.8. The topological polar surface area (TPSA) is 110 Å². The van der Waals surface area contributed by atoms with Gasteiger partial charge in [0.25, 0.3) is 0 Å². The molecule has 166 valence electrons. The van der Waals surface area contributed by atoms with Gasteiger partial charge in [0.1, 0.15) is 5.70 Å². The molecule has 2 aliphatic heterocycles. The van der Waals surface area contributed by atoms with Crippen LogP contribution >= 0.6 is 0 Å². The Hall–Kier alpha value is -2.71. The Morgan fingerprint density at radius 3 is 2.61 bits per heavy atom. The SMILES string of the molecule is CC(O)[C@H]1C(=O)N2C(C(=O)O)=C3[C@@H](NCC(=O)N(C)Cc4ccccc4)CCC[C@@H]3[C@H]12. The Kier molecular flexibility index (Phi) is 5.85. The van der Waals surface area contributed by atoms with E-state index >= 15 is 0 Å². The summed E-state index contributed by atoms with van der Waals surface area (Å²) in [5, 5.41) is 23.2. The van der Waals surface area contributed by atoms with Crippen molar-refractivity contribution in [3.05, 3.63) is 47.2 Å². The summed E-state index contributed by atoms with van der Waals surface area (Å²) < 4.78 is 0. The van der Waals surface area contributed by atoms with Crippen molar-refractivity contribution in [1.29, 1.82) is 0 Å². The standard InChI is InChI=1S/C23H29N3O5/c1-13(27)18-20-15-9-6-10-16(19(15)21(23(30)31)26(20)22(18)29)24-11-17(28)25(2)12-14-7-4-3-5-8-14/h3-5,7-8,13,15-16,18,20,24,27H,6,9-12H2,1-2H3,(H,30,31)/t13?,15-,16-,18+,20+/m0/s1. The molecule has 2 fully saturated rings.